The Morgan fingerprint density at radius 2 is 0.837 bits per heavy atom. The molecule has 0 fully saturated rings. The van der Waals surface area contributed by atoms with Crippen molar-refractivity contribution in [2.75, 3.05) is 0 Å². The van der Waals surface area contributed by atoms with Crippen molar-refractivity contribution in [2.45, 2.75) is 0 Å². The van der Waals surface area contributed by atoms with Crippen LogP contribution in [0.25, 0.3) is 49.7 Å². The van der Waals surface area contributed by atoms with Crippen molar-refractivity contribution in [3.63, 3.8) is 0 Å². The number of fused-ring (bicyclic) bond motifs is 3. The van der Waals surface area contributed by atoms with E-state index in [0.717, 1.165) is 49.7 Å². The van der Waals surface area contributed by atoms with Crippen molar-refractivity contribution >= 4 is 21.8 Å². The van der Waals surface area contributed by atoms with Crippen molar-refractivity contribution in [1.82, 2.24) is 4.57 Å². The molecule has 0 bridgehead atoms. The van der Waals surface area contributed by atoms with E-state index in [1.165, 1.54) is 24.3 Å². The van der Waals surface area contributed by atoms with Gasteiger partial charge in [0.25, 0.3) is 0 Å². The summed E-state index contributed by atoms with van der Waals surface area (Å²) in [5, 5.41) is 1.86. The Morgan fingerprint density at radius 3 is 1.23 bits per heavy atom. The van der Waals surface area contributed by atoms with Crippen molar-refractivity contribution in [2.24, 2.45) is 0 Å². The van der Waals surface area contributed by atoms with Crippen LogP contribution in [0.15, 0.2) is 139 Å². The molecular weight excluding hydrogens is 568 g/mol. The number of para-hydroxylation sites is 1. The quantitative estimate of drug-likeness (QED) is 0.137. The van der Waals surface area contributed by atoms with Crippen molar-refractivity contribution in [3.8, 4) is 39.4 Å². The highest BCUT2D eigenvalue weighted by Crippen LogP contribution is 2.37. The Hall–Kier alpha value is -5.44. The molecule has 1 heterocycles. The summed E-state index contributed by atoms with van der Waals surface area (Å²) in [6.07, 6.45) is -5.07. The number of benzene rings is 5. The van der Waals surface area contributed by atoms with Gasteiger partial charge in [-0.3, -0.25) is 0 Å². The Kier molecular flexibility index (Phi) is 7.38. The molecular formula is C34H19F6NO2. The van der Waals surface area contributed by atoms with E-state index < -0.39 is 24.2 Å². The summed E-state index contributed by atoms with van der Waals surface area (Å²) in [6.45, 7) is 0. The van der Waals surface area contributed by atoms with E-state index in [4.69, 9.17) is 0 Å². The first-order valence-corrected chi connectivity index (χ1v) is 12.9. The Balaban J connectivity index is 1.45. The zero-order valence-electron chi connectivity index (χ0n) is 22.0. The van der Waals surface area contributed by atoms with E-state index in [9.17, 15) is 26.3 Å². The highest BCUT2D eigenvalue weighted by Gasteiger charge is 2.15. The van der Waals surface area contributed by atoms with Gasteiger partial charge in [-0.25, -0.2) is 0 Å². The molecule has 0 radical (unpaired) electrons. The van der Waals surface area contributed by atoms with Gasteiger partial charge in [-0.05, 0) is 82.9 Å². The predicted molar refractivity (Wildman–Crippen MR) is 154 cm³/mol. The Morgan fingerprint density at radius 1 is 0.442 bits per heavy atom. The molecule has 0 N–H and O–H groups in total. The van der Waals surface area contributed by atoms with Gasteiger partial charge in [0.05, 0.1) is 11.0 Å². The van der Waals surface area contributed by atoms with Gasteiger partial charge < -0.3 is 14.0 Å². The number of hydrogen-bond acceptors (Lipinski definition) is 2. The van der Waals surface area contributed by atoms with E-state index in [1.807, 2.05) is 66.7 Å². The molecule has 0 spiro atoms. The number of hydrogen-bond donors (Lipinski definition) is 0. The predicted octanol–water partition coefficient (Wildman–Crippen LogP) is 10.9. The third-order valence-corrected chi connectivity index (χ3v) is 6.87. The van der Waals surface area contributed by atoms with Gasteiger partial charge in [-0.1, -0.05) is 54.6 Å². The normalized spacial score (nSPS) is 11.0. The highest BCUT2D eigenvalue weighted by molar-refractivity contribution is 6.11. The molecule has 3 nitrogen and oxygen atoms in total. The summed E-state index contributed by atoms with van der Waals surface area (Å²) in [7, 11) is 0. The molecule has 214 valence electrons. The smallest absolute Gasteiger partial charge is 0.344 e. The average molecular weight is 588 g/mol. The summed E-state index contributed by atoms with van der Waals surface area (Å²) in [5.41, 5.74) is 6.02. The van der Waals surface area contributed by atoms with Crippen molar-refractivity contribution in [3.05, 3.63) is 139 Å². The molecule has 6 aromatic rings. The van der Waals surface area contributed by atoms with Gasteiger partial charge in [0.15, 0.2) is 0 Å². The number of halogens is 6. The summed E-state index contributed by atoms with van der Waals surface area (Å²) in [6, 6.07) is 30.0. The van der Waals surface area contributed by atoms with Gasteiger partial charge in [0, 0.05) is 16.5 Å². The van der Waals surface area contributed by atoms with E-state index in [-0.39, 0.29) is 11.5 Å². The van der Waals surface area contributed by atoms with Gasteiger partial charge in [-0.15, -0.1) is 0 Å². The molecule has 0 atom stereocenters. The van der Waals surface area contributed by atoms with Crippen LogP contribution in [0.5, 0.6) is 11.5 Å². The lowest BCUT2D eigenvalue weighted by atomic mass is 10.00. The van der Waals surface area contributed by atoms with Crippen LogP contribution in [0, 0.1) is 0 Å². The lowest BCUT2D eigenvalue weighted by Crippen LogP contribution is -1.93. The maximum Gasteiger partial charge on any atom is 0.344 e. The second kappa shape index (κ2) is 11.4. The van der Waals surface area contributed by atoms with Gasteiger partial charge in [0.2, 0.25) is 0 Å². The van der Waals surface area contributed by atoms with Crippen molar-refractivity contribution in [1.29, 1.82) is 0 Å². The number of aromatic nitrogens is 1. The standard InChI is InChI=1S/C34H19F6NO2/c35-31(36)33(39)42-25-12-6-20(7-13-25)22-10-16-29-27(18-22)28-19-23(11-17-30(28)41(29)24-4-2-1-3-5-24)21-8-14-26(15-9-21)43-34(40)32(37)38/h1-19H. The molecule has 6 rings (SSSR count). The zero-order chi connectivity index (χ0) is 30.1. The van der Waals surface area contributed by atoms with E-state index in [0.29, 0.717) is 0 Å². The van der Waals surface area contributed by atoms with Crippen LogP contribution < -0.4 is 9.47 Å². The van der Waals surface area contributed by atoms with E-state index in [2.05, 4.69) is 14.0 Å². The highest BCUT2D eigenvalue weighted by atomic mass is 19.3. The van der Waals surface area contributed by atoms with E-state index >= 15 is 0 Å². The topological polar surface area (TPSA) is 23.4 Å². The number of nitrogens with zero attached hydrogens (tertiary/aromatic N) is 1. The first-order valence-electron chi connectivity index (χ1n) is 12.9. The van der Waals surface area contributed by atoms with Crippen LogP contribution in [0.4, 0.5) is 26.3 Å². The second-order valence-corrected chi connectivity index (χ2v) is 9.46. The first-order chi connectivity index (χ1) is 20.8. The molecule has 43 heavy (non-hydrogen) atoms. The van der Waals surface area contributed by atoms with Gasteiger partial charge >= 0.3 is 24.2 Å². The molecule has 0 aliphatic rings. The van der Waals surface area contributed by atoms with Gasteiger partial charge in [-0.2, -0.15) is 26.3 Å². The molecule has 0 saturated carbocycles. The molecule has 0 saturated heterocycles. The minimum absolute atomic E-state index is 0.0644. The van der Waals surface area contributed by atoms with Crippen LogP contribution in [0.2, 0.25) is 0 Å². The third kappa shape index (κ3) is 5.57. The summed E-state index contributed by atoms with van der Waals surface area (Å²) < 4.78 is 87.3. The average Bonchev–Trinajstić information content (AvgIpc) is 3.35. The van der Waals surface area contributed by atoms with Crippen molar-refractivity contribution < 1.29 is 35.8 Å². The first kappa shape index (κ1) is 27.7. The van der Waals surface area contributed by atoms with Crippen LogP contribution >= 0.6 is 0 Å². The fraction of sp³-hybridized carbons (Fsp3) is 0. The zero-order valence-corrected chi connectivity index (χ0v) is 22.0. The summed E-state index contributed by atoms with van der Waals surface area (Å²) in [5.74, 6) is -0.129. The molecule has 0 unspecified atom stereocenters. The second-order valence-electron chi connectivity index (χ2n) is 9.46. The molecule has 5 aromatic carbocycles. The fourth-order valence-corrected chi connectivity index (χ4v) is 4.95. The SMILES string of the molecule is FC(F)=C(F)Oc1ccc(-c2ccc3c(c2)c2cc(-c4ccc(OC(F)=C(F)F)cc4)ccc2n3-c2ccccc2)cc1. The minimum Gasteiger partial charge on any atom is -0.428 e. The van der Waals surface area contributed by atoms with Gasteiger partial charge in [0.1, 0.15) is 11.5 Å². The van der Waals surface area contributed by atoms with E-state index in [1.54, 1.807) is 24.3 Å². The van der Waals surface area contributed by atoms with Crippen LogP contribution in [0.3, 0.4) is 0 Å². The molecule has 0 aliphatic carbocycles. The lowest BCUT2D eigenvalue weighted by Gasteiger charge is -2.09. The fourth-order valence-electron chi connectivity index (χ4n) is 4.95. The Bertz CT molecular complexity index is 1880. The largest absolute Gasteiger partial charge is 0.428 e. The molecule has 1 aromatic heterocycles. The maximum atomic E-state index is 13.2. The summed E-state index contributed by atoms with van der Waals surface area (Å²) in [4.78, 5) is 0. The maximum absolute atomic E-state index is 13.2. The monoisotopic (exact) mass is 587 g/mol. The lowest BCUT2D eigenvalue weighted by molar-refractivity contribution is 0.241. The van der Waals surface area contributed by atoms with Crippen LogP contribution in [-0.4, -0.2) is 4.57 Å². The molecule has 0 amide bonds. The number of ether oxygens (including phenoxy) is 2. The summed E-state index contributed by atoms with van der Waals surface area (Å²) >= 11 is 0. The molecule has 9 heteroatoms. The Labute approximate surface area is 241 Å². The third-order valence-electron chi connectivity index (χ3n) is 6.87. The minimum atomic E-state index is -2.54. The van der Waals surface area contributed by atoms with Crippen LogP contribution in [0.1, 0.15) is 0 Å². The van der Waals surface area contributed by atoms with Crippen LogP contribution in [-0.2, 0) is 0 Å². The molecule has 0 aliphatic heterocycles. The number of rotatable bonds is 7.